The van der Waals surface area contributed by atoms with Crippen LogP contribution in [0.2, 0.25) is 0 Å². The first kappa shape index (κ1) is 20.9. The van der Waals surface area contributed by atoms with E-state index >= 15 is 0 Å². The van der Waals surface area contributed by atoms with Gasteiger partial charge in [0.1, 0.15) is 5.75 Å². The number of hydrogen-bond donors (Lipinski definition) is 3. The van der Waals surface area contributed by atoms with Crippen LogP contribution in [-0.2, 0) is 0 Å². The Morgan fingerprint density at radius 1 is 1.18 bits per heavy atom. The lowest BCUT2D eigenvalue weighted by Gasteiger charge is -2.16. The number of nitrogens with one attached hydrogen (secondary N) is 3. The number of ether oxygens (including phenoxy) is 1. The molecule has 0 aromatic heterocycles. The van der Waals surface area contributed by atoms with Gasteiger partial charge in [-0.1, -0.05) is 18.2 Å². The summed E-state index contributed by atoms with van der Waals surface area (Å²) in [5.41, 5.74) is 1.57. The molecule has 2 aromatic carbocycles. The van der Waals surface area contributed by atoms with E-state index in [4.69, 9.17) is 0 Å². The molecule has 2 rings (SSSR count). The Hall–Kier alpha value is -3.42. The molecule has 0 saturated heterocycles. The predicted molar refractivity (Wildman–Crippen MR) is 103 cm³/mol. The first-order valence-electron chi connectivity index (χ1n) is 8.50. The Morgan fingerprint density at radius 3 is 2.54 bits per heavy atom. The number of carbonyl (C=O) groups is 2. The van der Waals surface area contributed by atoms with Gasteiger partial charge in [0, 0.05) is 17.8 Å². The lowest BCUT2D eigenvalue weighted by atomic mass is 10.1. The Balaban J connectivity index is 1.92. The van der Waals surface area contributed by atoms with Gasteiger partial charge in [-0.3, -0.25) is 4.79 Å². The Labute approximate surface area is 161 Å². The van der Waals surface area contributed by atoms with Gasteiger partial charge in [0.15, 0.2) is 0 Å². The molecule has 6 nitrogen and oxygen atoms in total. The second-order valence-electron chi connectivity index (χ2n) is 5.85. The molecule has 0 radical (unpaired) electrons. The summed E-state index contributed by atoms with van der Waals surface area (Å²) < 4.78 is 29.0. The maximum absolute atomic E-state index is 12.3. The number of amides is 3. The van der Waals surface area contributed by atoms with E-state index in [1.54, 1.807) is 49.4 Å². The van der Waals surface area contributed by atoms with Gasteiger partial charge in [0.2, 0.25) is 0 Å². The fraction of sp³-hybridized carbons (Fsp3) is 0.200. The normalized spacial score (nSPS) is 11.4. The summed E-state index contributed by atoms with van der Waals surface area (Å²) in [6.45, 7) is 2.69. The number of anilines is 1. The van der Waals surface area contributed by atoms with E-state index in [1.165, 1.54) is 12.1 Å². The van der Waals surface area contributed by atoms with Gasteiger partial charge in [-0.25, -0.2) is 4.79 Å². The average Bonchev–Trinajstić information content (AvgIpc) is 2.66. The van der Waals surface area contributed by atoms with Crippen LogP contribution in [0.15, 0.2) is 61.2 Å². The first-order chi connectivity index (χ1) is 13.4. The summed E-state index contributed by atoms with van der Waals surface area (Å²) in [4.78, 5) is 24.0. The number of urea groups is 1. The number of hydrogen-bond acceptors (Lipinski definition) is 3. The van der Waals surface area contributed by atoms with E-state index in [1.807, 2.05) is 0 Å². The third-order valence-electron chi connectivity index (χ3n) is 3.74. The summed E-state index contributed by atoms with van der Waals surface area (Å²) in [5, 5.41) is 8.01. The second-order valence-corrected chi connectivity index (χ2v) is 5.85. The van der Waals surface area contributed by atoms with E-state index < -0.39 is 18.7 Å². The third-order valence-corrected chi connectivity index (χ3v) is 3.74. The van der Waals surface area contributed by atoms with Crippen molar-refractivity contribution in [2.45, 2.75) is 19.6 Å². The smallest absolute Gasteiger partial charge is 0.387 e. The van der Waals surface area contributed by atoms with Crippen LogP contribution in [0.5, 0.6) is 5.75 Å². The van der Waals surface area contributed by atoms with Crippen LogP contribution < -0.4 is 20.7 Å². The molecule has 3 N–H and O–H groups in total. The average molecular weight is 389 g/mol. The van der Waals surface area contributed by atoms with Crippen molar-refractivity contribution in [3.63, 3.8) is 0 Å². The summed E-state index contributed by atoms with van der Waals surface area (Å²) in [5.74, 6) is -0.220. The van der Waals surface area contributed by atoms with Gasteiger partial charge >= 0.3 is 12.6 Å². The zero-order chi connectivity index (χ0) is 20.5. The molecule has 0 saturated carbocycles. The zero-order valence-electron chi connectivity index (χ0n) is 15.2. The molecule has 8 heteroatoms. The number of carbonyl (C=O) groups excluding carboxylic acids is 2. The fourth-order valence-electron chi connectivity index (χ4n) is 2.38. The van der Waals surface area contributed by atoms with Gasteiger partial charge in [-0.2, -0.15) is 8.78 Å². The summed E-state index contributed by atoms with van der Waals surface area (Å²) >= 11 is 0. The molecule has 148 valence electrons. The van der Waals surface area contributed by atoms with Crippen LogP contribution in [0.1, 0.15) is 28.9 Å². The highest BCUT2D eigenvalue weighted by Crippen LogP contribution is 2.21. The van der Waals surface area contributed by atoms with E-state index in [9.17, 15) is 18.4 Å². The quantitative estimate of drug-likeness (QED) is 0.595. The molecule has 0 aliphatic heterocycles. The monoisotopic (exact) mass is 389 g/mol. The van der Waals surface area contributed by atoms with Crippen LogP contribution in [0.4, 0.5) is 19.3 Å². The van der Waals surface area contributed by atoms with E-state index in [0.29, 0.717) is 23.4 Å². The number of benzene rings is 2. The van der Waals surface area contributed by atoms with Crippen molar-refractivity contribution >= 4 is 17.6 Å². The van der Waals surface area contributed by atoms with Crippen molar-refractivity contribution in [2.75, 3.05) is 11.9 Å². The van der Waals surface area contributed by atoms with Gasteiger partial charge in [0.25, 0.3) is 5.91 Å². The number of alkyl halides is 2. The van der Waals surface area contributed by atoms with Crippen LogP contribution in [-0.4, -0.2) is 25.1 Å². The summed E-state index contributed by atoms with van der Waals surface area (Å²) in [7, 11) is 0. The minimum atomic E-state index is -2.91. The van der Waals surface area contributed by atoms with E-state index in [0.717, 1.165) is 0 Å². The first-order valence-corrected chi connectivity index (χ1v) is 8.50. The van der Waals surface area contributed by atoms with Crippen molar-refractivity contribution < 1.29 is 23.1 Å². The van der Waals surface area contributed by atoms with Crippen molar-refractivity contribution in [1.29, 1.82) is 0 Å². The summed E-state index contributed by atoms with van der Waals surface area (Å²) in [6.07, 6.45) is 1.58. The zero-order valence-corrected chi connectivity index (χ0v) is 15.2. The predicted octanol–water partition coefficient (Wildman–Crippen LogP) is 4.09. The van der Waals surface area contributed by atoms with Gasteiger partial charge in [-0.05, 0) is 48.9 Å². The molecule has 0 bridgehead atoms. The molecule has 28 heavy (non-hydrogen) atoms. The van der Waals surface area contributed by atoms with E-state index in [2.05, 4.69) is 27.3 Å². The molecular formula is C20H21F2N3O3. The third kappa shape index (κ3) is 6.39. The number of halogens is 2. The molecule has 0 fully saturated rings. The van der Waals surface area contributed by atoms with Crippen LogP contribution in [0.25, 0.3) is 0 Å². The van der Waals surface area contributed by atoms with E-state index in [-0.39, 0.29) is 11.7 Å². The standard InChI is InChI=1S/C20H21F2N3O3/c1-3-11-23-18(26)14-7-9-16(10-8-14)25-20(27)24-13(2)15-5-4-6-17(12-15)28-19(21)22/h3-10,12-13,19H,1,11H2,2H3,(H,23,26)(H2,24,25,27). The second kappa shape index (κ2) is 10.1. The van der Waals surface area contributed by atoms with Crippen molar-refractivity contribution in [3.8, 4) is 5.75 Å². The molecule has 1 atom stereocenters. The van der Waals surface area contributed by atoms with Gasteiger partial charge in [-0.15, -0.1) is 6.58 Å². The highest BCUT2D eigenvalue weighted by atomic mass is 19.3. The fourth-order valence-corrected chi connectivity index (χ4v) is 2.38. The topological polar surface area (TPSA) is 79.5 Å². The SMILES string of the molecule is C=CCNC(=O)c1ccc(NC(=O)NC(C)c2cccc(OC(F)F)c2)cc1. The highest BCUT2D eigenvalue weighted by molar-refractivity contribution is 5.95. The van der Waals surface area contributed by atoms with Crippen LogP contribution >= 0.6 is 0 Å². The Bertz CT molecular complexity index is 826. The summed E-state index contributed by atoms with van der Waals surface area (Å²) in [6, 6.07) is 11.6. The minimum Gasteiger partial charge on any atom is -0.435 e. The van der Waals surface area contributed by atoms with Crippen molar-refractivity contribution in [2.24, 2.45) is 0 Å². The van der Waals surface area contributed by atoms with Crippen molar-refractivity contribution in [1.82, 2.24) is 10.6 Å². The Kier molecular flexibility index (Phi) is 7.50. The molecule has 2 aromatic rings. The maximum atomic E-state index is 12.3. The maximum Gasteiger partial charge on any atom is 0.387 e. The lowest BCUT2D eigenvalue weighted by molar-refractivity contribution is -0.0499. The largest absolute Gasteiger partial charge is 0.435 e. The van der Waals surface area contributed by atoms with Crippen LogP contribution in [0.3, 0.4) is 0 Å². The molecule has 3 amide bonds. The molecule has 0 aliphatic rings. The molecule has 1 unspecified atom stereocenters. The highest BCUT2D eigenvalue weighted by Gasteiger charge is 2.12. The lowest BCUT2D eigenvalue weighted by Crippen LogP contribution is -2.31. The Morgan fingerprint density at radius 2 is 1.89 bits per heavy atom. The molecule has 0 heterocycles. The number of rotatable bonds is 8. The van der Waals surface area contributed by atoms with Gasteiger partial charge in [0.05, 0.1) is 6.04 Å². The minimum absolute atomic E-state index is 0.0203. The van der Waals surface area contributed by atoms with Crippen molar-refractivity contribution in [3.05, 3.63) is 72.3 Å². The molecular weight excluding hydrogens is 368 g/mol. The molecule has 0 aliphatic carbocycles. The molecule has 0 spiro atoms. The van der Waals surface area contributed by atoms with Crippen LogP contribution in [0, 0.1) is 0 Å². The van der Waals surface area contributed by atoms with Gasteiger partial charge < -0.3 is 20.7 Å².